The van der Waals surface area contributed by atoms with Crippen LogP contribution in [0.3, 0.4) is 0 Å². The first-order valence-electron chi connectivity index (χ1n) is 2.98. The standard InChI is InChI=1S/C5H13O3PS/c1-9(6,7)8-4-3-5-10-2/h3-5H2,1-2H3,(H,6,7)/p-1. The lowest BCUT2D eigenvalue weighted by molar-refractivity contribution is -0.196. The normalized spacial score (nSPS) is 16.7. The number of hydrogen-bond donors (Lipinski definition) is 0. The van der Waals surface area contributed by atoms with Gasteiger partial charge < -0.3 is 14.0 Å². The van der Waals surface area contributed by atoms with Gasteiger partial charge >= 0.3 is 0 Å². The second-order valence-electron chi connectivity index (χ2n) is 1.95. The Morgan fingerprint density at radius 2 is 2.30 bits per heavy atom. The lowest BCUT2D eigenvalue weighted by atomic mass is 10.5. The van der Waals surface area contributed by atoms with E-state index < -0.39 is 7.60 Å². The third-order valence-electron chi connectivity index (χ3n) is 0.819. The SMILES string of the molecule is CSCCCOP(C)(=O)[O-]. The van der Waals surface area contributed by atoms with Crippen molar-refractivity contribution in [2.24, 2.45) is 0 Å². The first-order valence-corrected chi connectivity index (χ1v) is 6.36. The van der Waals surface area contributed by atoms with Gasteiger partial charge in [-0.25, -0.2) is 0 Å². The van der Waals surface area contributed by atoms with Gasteiger partial charge in [0.25, 0.3) is 0 Å². The summed E-state index contributed by atoms with van der Waals surface area (Å²) in [6.07, 6.45) is 2.77. The van der Waals surface area contributed by atoms with Crippen LogP contribution >= 0.6 is 19.4 Å². The van der Waals surface area contributed by atoms with Crippen LogP contribution in [0.2, 0.25) is 0 Å². The summed E-state index contributed by atoms with van der Waals surface area (Å²) in [5.74, 6) is 0.944. The predicted octanol–water partition coefficient (Wildman–Crippen LogP) is 0.939. The molecule has 3 nitrogen and oxygen atoms in total. The van der Waals surface area contributed by atoms with Gasteiger partial charge in [-0.05, 0) is 18.4 Å². The summed E-state index contributed by atoms with van der Waals surface area (Å²) < 4.78 is 14.9. The van der Waals surface area contributed by atoms with E-state index in [0.717, 1.165) is 18.8 Å². The maximum Gasteiger partial charge on any atom is 0.131 e. The molecule has 0 amide bonds. The van der Waals surface area contributed by atoms with E-state index in [9.17, 15) is 9.46 Å². The highest BCUT2D eigenvalue weighted by molar-refractivity contribution is 7.98. The lowest BCUT2D eigenvalue weighted by Gasteiger charge is -2.17. The fourth-order valence-corrected chi connectivity index (χ4v) is 1.30. The van der Waals surface area contributed by atoms with Gasteiger partial charge in [0, 0.05) is 6.66 Å². The number of rotatable bonds is 5. The van der Waals surface area contributed by atoms with Crippen molar-refractivity contribution >= 4 is 19.4 Å². The summed E-state index contributed by atoms with van der Waals surface area (Å²) in [5.41, 5.74) is 0. The van der Waals surface area contributed by atoms with Crippen molar-refractivity contribution in [2.75, 3.05) is 25.3 Å². The smallest absolute Gasteiger partial charge is 0.131 e. The van der Waals surface area contributed by atoms with Gasteiger partial charge in [-0.15, -0.1) is 0 Å². The largest absolute Gasteiger partial charge is 0.779 e. The van der Waals surface area contributed by atoms with Crippen LogP contribution in [0.1, 0.15) is 6.42 Å². The van der Waals surface area contributed by atoms with Crippen LogP contribution in [0.25, 0.3) is 0 Å². The van der Waals surface area contributed by atoms with Crippen LogP contribution in [0.5, 0.6) is 0 Å². The molecule has 0 aliphatic carbocycles. The van der Waals surface area contributed by atoms with Crippen molar-refractivity contribution in [3.05, 3.63) is 0 Å². The molecule has 0 radical (unpaired) electrons. The Hall–Kier alpha value is 0.500. The molecule has 0 heterocycles. The van der Waals surface area contributed by atoms with Crippen molar-refractivity contribution in [1.82, 2.24) is 0 Å². The average molecular weight is 183 g/mol. The second kappa shape index (κ2) is 5.19. The minimum atomic E-state index is -3.47. The van der Waals surface area contributed by atoms with Crippen LogP contribution in [0.15, 0.2) is 0 Å². The van der Waals surface area contributed by atoms with E-state index in [2.05, 4.69) is 4.52 Å². The Morgan fingerprint density at radius 1 is 1.70 bits per heavy atom. The minimum Gasteiger partial charge on any atom is -0.779 e. The van der Waals surface area contributed by atoms with E-state index >= 15 is 0 Å². The van der Waals surface area contributed by atoms with E-state index in [0.29, 0.717) is 6.61 Å². The zero-order chi connectivity index (χ0) is 8.04. The van der Waals surface area contributed by atoms with Crippen molar-refractivity contribution in [3.63, 3.8) is 0 Å². The molecule has 0 rings (SSSR count). The molecule has 62 valence electrons. The topological polar surface area (TPSA) is 49.4 Å². The molecule has 0 spiro atoms. The molecule has 0 fully saturated rings. The fourth-order valence-electron chi connectivity index (χ4n) is 0.434. The highest BCUT2D eigenvalue weighted by Crippen LogP contribution is 2.30. The van der Waals surface area contributed by atoms with E-state index in [-0.39, 0.29) is 0 Å². The van der Waals surface area contributed by atoms with Crippen molar-refractivity contribution in [3.8, 4) is 0 Å². The summed E-state index contributed by atoms with van der Waals surface area (Å²) >= 11 is 1.68. The molecule has 0 bridgehead atoms. The van der Waals surface area contributed by atoms with Gasteiger partial charge in [-0.1, -0.05) is 0 Å². The van der Waals surface area contributed by atoms with Crippen LogP contribution < -0.4 is 4.89 Å². The van der Waals surface area contributed by atoms with E-state index in [1.54, 1.807) is 11.8 Å². The minimum absolute atomic E-state index is 0.318. The molecule has 0 aromatic carbocycles. The predicted molar refractivity (Wildman–Crippen MR) is 42.5 cm³/mol. The van der Waals surface area contributed by atoms with Crippen LogP contribution in [-0.4, -0.2) is 25.3 Å². The zero-order valence-electron chi connectivity index (χ0n) is 6.20. The van der Waals surface area contributed by atoms with Crippen molar-refractivity contribution < 1.29 is 14.0 Å². The lowest BCUT2D eigenvalue weighted by Crippen LogP contribution is -2.04. The molecule has 0 aromatic heterocycles. The molecule has 0 aromatic rings. The van der Waals surface area contributed by atoms with Crippen molar-refractivity contribution in [1.29, 1.82) is 0 Å². The molecular weight excluding hydrogens is 171 g/mol. The molecule has 0 aliphatic rings. The van der Waals surface area contributed by atoms with E-state index in [1.807, 2.05) is 6.26 Å². The van der Waals surface area contributed by atoms with Gasteiger partial charge in [0.1, 0.15) is 7.60 Å². The Labute approximate surface area is 65.7 Å². The zero-order valence-corrected chi connectivity index (χ0v) is 7.91. The number of thioether (sulfide) groups is 1. The molecule has 1 atom stereocenters. The quantitative estimate of drug-likeness (QED) is 0.470. The maximum atomic E-state index is 10.4. The third kappa shape index (κ3) is 8.50. The van der Waals surface area contributed by atoms with Crippen molar-refractivity contribution in [2.45, 2.75) is 6.42 Å². The fraction of sp³-hybridized carbons (Fsp3) is 1.00. The summed E-state index contributed by atoms with van der Waals surface area (Å²) in [6.45, 7) is 1.41. The number of hydrogen-bond acceptors (Lipinski definition) is 4. The van der Waals surface area contributed by atoms with Gasteiger partial charge in [-0.3, -0.25) is 0 Å². The molecule has 0 N–H and O–H groups in total. The third-order valence-corrected chi connectivity index (χ3v) is 2.17. The first-order chi connectivity index (χ1) is 4.56. The van der Waals surface area contributed by atoms with Gasteiger partial charge in [-0.2, -0.15) is 11.8 Å². The highest BCUT2D eigenvalue weighted by atomic mass is 32.2. The van der Waals surface area contributed by atoms with Gasteiger partial charge in [0.15, 0.2) is 0 Å². The molecule has 1 unspecified atom stereocenters. The Bertz CT molecular complexity index is 122. The molecule has 0 saturated carbocycles. The van der Waals surface area contributed by atoms with Gasteiger partial charge in [0.05, 0.1) is 6.61 Å². The van der Waals surface area contributed by atoms with E-state index in [4.69, 9.17) is 0 Å². The summed E-state index contributed by atoms with van der Waals surface area (Å²) in [7, 11) is -3.47. The maximum absolute atomic E-state index is 10.4. The molecule has 5 heteroatoms. The average Bonchev–Trinajstić information content (AvgIpc) is 1.78. The summed E-state index contributed by atoms with van der Waals surface area (Å²) in [5, 5.41) is 0. The monoisotopic (exact) mass is 183 g/mol. The second-order valence-corrected chi connectivity index (χ2v) is 4.74. The highest BCUT2D eigenvalue weighted by Gasteiger charge is 1.96. The molecule has 0 aliphatic heterocycles. The van der Waals surface area contributed by atoms with Crippen LogP contribution in [0, 0.1) is 0 Å². The Kier molecular flexibility index (Phi) is 5.45. The van der Waals surface area contributed by atoms with Crippen LogP contribution in [-0.2, 0) is 9.09 Å². The Balaban J connectivity index is 3.13. The molecule has 0 saturated heterocycles. The van der Waals surface area contributed by atoms with Crippen LogP contribution in [0.4, 0.5) is 0 Å². The summed E-state index contributed by atoms with van der Waals surface area (Å²) in [4.78, 5) is 10.4. The first kappa shape index (κ1) is 10.5. The Morgan fingerprint density at radius 3 is 2.70 bits per heavy atom. The molecular formula is C5H12O3PS-. The van der Waals surface area contributed by atoms with E-state index in [1.165, 1.54) is 0 Å². The van der Waals surface area contributed by atoms with Gasteiger partial charge in [0.2, 0.25) is 0 Å². The molecule has 10 heavy (non-hydrogen) atoms. The summed E-state index contributed by atoms with van der Waals surface area (Å²) in [6, 6.07) is 0.